The summed E-state index contributed by atoms with van der Waals surface area (Å²) in [4.78, 5) is 21.3. The first-order valence-corrected chi connectivity index (χ1v) is 10.7. The van der Waals surface area contributed by atoms with E-state index in [1.54, 1.807) is 23.9 Å². The summed E-state index contributed by atoms with van der Waals surface area (Å²) in [6, 6.07) is 12.3. The van der Waals surface area contributed by atoms with Crippen LogP contribution in [0.1, 0.15) is 29.6 Å². The SMILES string of the molecule is Nc1ccccc1NC(=O)c1ccc([NH+]2CC3C[C@H]2CN3CC2=CC=CCC2)nc1. The van der Waals surface area contributed by atoms with Crippen LogP contribution in [0.4, 0.5) is 17.2 Å². The number of carbonyl (C=O) groups excluding carboxylic acids is 1. The van der Waals surface area contributed by atoms with Crippen LogP contribution in [-0.4, -0.2) is 47.5 Å². The molecule has 2 bridgehead atoms. The fraction of sp³-hybridized carbons (Fsp3) is 0.333. The van der Waals surface area contributed by atoms with E-state index < -0.39 is 0 Å². The fourth-order valence-corrected chi connectivity index (χ4v) is 4.95. The molecule has 2 fully saturated rings. The number of allylic oxidation sites excluding steroid dienone is 3. The molecule has 6 heteroatoms. The summed E-state index contributed by atoms with van der Waals surface area (Å²) in [5.41, 5.74) is 9.19. The molecule has 2 aromatic rings. The Morgan fingerprint density at radius 1 is 1.27 bits per heavy atom. The molecule has 0 radical (unpaired) electrons. The largest absolute Gasteiger partial charge is 0.397 e. The van der Waals surface area contributed by atoms with Crippen LogP contribution in [0.5, 0.6) is 0 Å². The van der Waals surface area contributed by atoms with Crippen LogP contribution < -0.4 is 16.0 Å². The Morgan fingerprint density at radius 2 is 2.17 bits per heavy atom. The molecule has 1 aliphatic carbocycles. The first-order valence-electron chi connectivity index (χ1n) is 10.7. The highest BCUT2D eigenvalue weighted by molar-refractivity contribution is 6.05. The monoisotopic (exact) mass is 402 g/mol. The molecule has 3 aliphatic rings. The van der Waals surface area contributed by atoms with Gasteiger partial charge in [0.05, 0.1) is 36.1 Å². The number of para-hydroxylation sites is 2. The van der Waals surface area contributed by atoms with E-state index in [0.29, 0.717) is 29.0 Å². The molecule has 1 aromatic carbocycles. The molecule has 5 rings (SSSR count). The van der Waals surface area contributed by atoms with Gasteiger partial charge in [0.15, 0.2) is 0 Å². The number of nitrogen functional groups attached to an aromatic ring is 1. The van der Waals surface area contributed by atoms with Crippen molar-refractivity contribution < 1.29 is 9.69 Å². The molecule has 6 nitrogen and oxygen atoms in total. The number of anilines is 2. The van der Waals surface area contributed by atoms with Gasteiger partial charge >= 0.3 is 0 Å². The molecular weight excluding hydrogens is 374 g/mol. The van der Waals surface area contributed by atoms with Gasteiger partial charge in [0, 0.05) is 25.2 Å². The zero-order valence-corrected chi connectivity index (χ0v) is 17.1. The molecule has 2 aliphatic heterocycles. The molecular formula is C24H28N5O+. The Balaban J connectivity index is 1.21. The first kappa shape index (κ1) is 19.0. The Bertz CT molecular complexity index is 997. The van der Waals surface area contributed by atoms with Gasteiger partial charge in [-0.1, -0.05) is 35.9 Å². The average molecular weight is 403 g/mol. The number of nitrogens with two attached hydrogens (primary N) is 1. The second-order valence-corrected chi connectivity index (χ2v) is 8.51. The van der Waals surface area contributed by atoms with E-state index in [0.717, 1.165) is 25.5 Å². The number of amides is 1. The van der Waals surface area contributed by atoms with Gasteiger partial charge in [-0.25, -0.2) is 4.98 Å². The van der Waals surface area contributed by atoms with Crippen LogP contribution in [0.2, 0.25) is 0 Å². The number of hydrogen-bond donors (Lipinski definition) is 3. The smallest absolute Gasteiger partial charge is 0.257 e. The van der Waals surface area contributed by atoms with Crippen molar-refractivity contribution in [1.82, 2.24) is 9.88 Å². The van der Waals surface area contributed by atoms with E-state index in [1.807, 2.05) is 24.3 Å². The third-order valence-electron chi connectivity index (χ3n) is 6.55. The van der Waals surface area contributed by atoms with Gasteiger partial charge in [0.2, 0.25) is 5.82 Å². The molecule has 1 amide bonds. The highest BCUT2D eigenvalue weighted by Gasteiger charge is 2.48. The third-order valence-corrected chi connectivity index (χ3v) is 6.55. The maximum atomic E-state index is 12.5. The zero-order valence-electron chi connectivity index (χ0n) is 17.1. The number of fused-ring (bicyclic) bond motifs is 2. The van der Waals surface area contributed by atoms with E-state index in [4.69, 9.17) is 5.73 Å². The van der Waals surface area contributed by atoms with Gasteiger partial charge < -0.3 is 11.1 Å². The molecule has 3 atom stereocenters. The normalized spacial score (nSPS) is 25.3. The number of nitrogens with zero attached hydrogens (tertiary/aromatic N) is 2. The molecule has 0 spiro atoms. The Morgan fingerprint density at radius 3 is 2.87 bits per heavy atom. The predicted octanol–water partition coefficient (Wildman–Crippen LogP) is 2.17. The highest BCUT2D eigenvalue weighted by atomic mass is 16.1. The molecule has 2 unspecified atom stereocenters. The minimum Gasteiger partial charge on any atom is -0.397 e. The lowest BCUT2D eigenvalue weighted by atomic mass is 10.0. The summed E-state index contributed by atoms with van der Waals surface area (Å²) < 4.78 is 0. The number of rotatable bonds is 5. The third kappa shape index (κ3) is 3.76. The number of likely N-dealkylation sites (tertiary alicyclic amines) is 1. The number of aromatic nitrogens is 1. The summed E-state index contributed by atoms with van der Waals surface area (Å²) >= 11 is 0. The number of piperazine rings is 1. The molecule has 30 heavy (non-hydrogen) atoms. The number of benzene rings is 1. The molecule has 4 N–H and O–H groups in total. The van der Waals surface area contributed by atoms with Gasteiger partial charge in [0.25, 0.3) is 5.91 Å². The second kappa shape index (κ2) is 8.05. The summed E-state index contributed by atoms with van der Waals surface area (Å²) in [6.45, 7) is 3.32. The molecule has 2 saturated heterocycles. The van der Waals surface area contributed by atoms with Gasteiger partial charge in [-0.3, -0.25) is 14.6 Å². The Labute approximate surface area is 177 Å². The Kier molecular flexibility index (Phi) is 5.11. The minimum absolute atomic E-state index is 0.189. The molecule has 1 aromatic heterocycles. The number of carbonyl (C=O) groups is 1. The van der Waals surface area contributed by atoms with Crippen LogP contribution in [-0.2, 0) is 0 Å². The Hall–Kier alpha value is -2.96. The summed E-state index contributed by atoms with van der Waals surface area (Å²) in [5.74, 6) is 0.851. The van der Waals surface area contributed by atoms with E-state index in [1.165, 1.54) is 24.2 Å². The lowest BCUT2D eigenvalue weighted by Gasteiger charge is -2.31. The van der Waals surface area contributed by atoms with E-state index in [2.05, 4.69) is 33.4 Å². The number of pyridine rings is 1. The van der Waals surface area contributed by atoms with Gasteiger partial charge in [0.1, 0.15) is 6.04 Å². The lowest BCUT2D eigenvalue weighted by molar-refractivity contribution is -0.853. The summed E-state index contributed by atoms with van der Waals surface area (Å²) in [5, 5.41) is 2.86. The first-order chi connectivity index (χ1) is 14.7. The van der Waals surface area contributed by atoms with Gasteiger partial charge in [-0.15, -0.1) is 0 Å². The predicted molar refractivity (Wildman–Crippen MR) is 119 cm³/mol. The van der Waals surface area contributed by atoms with E-state index in [-0.39, 0.29) is 5.91 Å². The van der Waals surface area contributed by atoms with Crippen molar-refractivity contribution in [3.8, 4) is 0 Å². The van der Waals surface area contributed by atoms with Gasteiger partial charge in [-0.05, 0) is 31.0 Å². The highest BCUT2D eigenvalue weighted by Crippen LogP contribution is 2.25. The maximum absolute atomic E-state index is 12.5. The second-order valence-electron chi connectivity index (χ2n) is 8.51. The van der Waals surface area contributed by atoms with Crippen molar-refractivity contribution in [3.05, 3.63) is 72.0 Å². The van der Waals surface area contributed by atoms with Crippen molar-refractivity contribution in [3.63, 3.8) is 0 Å². The number of hydrogen-bond acceptors (Lipinski definition) is 4. The topological polar surface area (TPSA) is 75.7 Å². The summed E-state index contributed by atoms with van der Waals surface area (Å²) in [6.07, 6.45) is 12.0. The zero-order chi connectivity index (χ0) is 20.5. The van der Waals surface area contributed by atoms with Crippen LogP contribution in [0.3, 0.4) is 0 Å². The van der Waals surface area contributed by atoms with Crippen molar-refractivity contribution in [2.24, 2.45) is 0 Å². The fourth-order valence-electron chi connectivity index (χ4n) is 4.95. The van der Waals surface area contributed by atoms with Crippen LogP contribution >= 0.6 is 0 Å². The lowest BCUT2D eigenvalue weighted by Crippen LogP contribution is -3.11. The van der Waals surface area contributed by atoms with E-state index in [9.17, 15) is 4.79 Å². The molecule has 154 valence electrons. The van der Waals surface area contributed by atoms with Gasteiger partial charge in [-0.2, -0.15) is 0 Å². The summed E-state index contributed by atoms with van der Waals surface area (Å²) in [7, 11) is 0. The average Bonchev–Trinajstić information content (AvgIpc) is 3.37. The maximum Gasteiger partial charge on any atom is 0.257 e. The number of quaternary nitrogens is 1. The van der Waals surface area contributed by atoms with Crippen molar-refractivity contribution in [1.29, 1.82) is 0 Å². The van der Waals surface area contributed by atoms with Crippen molar-refractivity contribution in [2.75, 3.05) is 30.7 Å². The number of nitrogens with one attached hydrogen (secondary N) is 2. The standard InChI is InChI=1S/C24H27N5O/c25-21-8-4-5-9-22(21)27-24(30)18-10-11-23(26-13-18)29-16-19-12-20(29)15-28(19)14-17-6-2-1-3-7-17/h1-2,4-6,8-11,13,19-20H,3,7,12,14-16,25H2,(H,27,30)/p+1/t19?,20-/m0/s1. The molecule has 0 saturated carbocycles. The van der Waals surface area contributed by atoms with Crippen LogP contribution in [0.15, 0.2) is 66.4 Å². The van der Waals surface area contributed by atoms with Crippen LogP contribution in [0, 0.1) is 0 Å². The molecule has 3 heterocycles. The van der Waals surface area contributed by atoms with E-state index >= 15 is 0 Å². The quantitative estimate of drug-likeness (QED) is 0.670. The van der Waals surface area contributed by atoms with Crippen LogP contribution in [0.25, 0.3) is 0 Å². The van der Waals surface area contributed by atoms with Crippen molar-refractivity contribution in [2.45, 2.75) is 31.3 Å². The van der Waals surface area contributed by atoms with Crippen molar-refractivity contribution >= 4 is 23.1 Å². The minimum atomic E-state index is -0.189.